The Kier molecular flexibility index (Phi) is 5.79. The number of halogens is 4. The average Bonchev–Trinajstić information content (AvgIpc) is 2.65. The minimum Gasteiger partial charge on any atom is -0.481 e. The lowest BCUT2D eigenvalue weighted by Gasteiger charge is -2.33. The van der Waals surface area contributed by atoms with E-state index in [4.69, 9.17) is 21.4 Å². The molecular weight excluding hydrogens is 435 g/mol. The van der Waals surface area contributed by atoms with Gasteiger partial charge in [-0.05, 0) is 29.7 Å². The van der Waals surface area contributed by atoms with Crippen LogP contribution in [0, 0.1) is 5.92 Å². The molecule has 0 radical (unpaired) electrons. The predicted octanol–water partition coefficient (Wildman–Crippen LogP) is 3.39. The van der Waals surface area contributed by atoms with Crippen LogP contribution in [0.25, 0.3) is 0 Å². The van der Waals surface area contributed by atoms with Crippen molar-refractivity contribution in [2.75, 3.05) is 0 Å². The first-order valence-corrected chi connectivity index (χ1v) is 10.2. The number of fused-ring (bicyclic) bond motifs is 1. The van der Waals surface area contributed by atoms with E-state index >= 15 is 0 Å². The molecule has 3 rings (SSSR count). The fourth-order valence-electron chi connectivity index (χ4n) is 2.98. The first-order chi connectivity index (χ1) is 13.5. The fourth-order valence-corrected chi connectivity index (χ4v) is 4.43. The Labute approximate surface area is 169 Å². The molecule has 2 atom stereocenters. The molecule has 1 heterocycles. The van der Waals surface area contributed by atoms with Crippen LogP contribution < -0.4 is 9.46 Å². The highest BCUT2D eigenvalue weighted by Gasteiger charge is 2.52. The Balaban J connectivity index is 1.92. The van der Waals surface area contributed by atoms with E-state index in [-0.39, 0.29) is 27.8 Å². The molecule has 0 aromatic heterocycles. The number of carboxylic acids is 1. The number of carboxylic acid groups (broad SMARTS) is 1. The van der Waals surface area contributed by atoms with E-state index in [0.717, 1.165) is 12.1 Å². The molecule has 1 aliphatic rings. The number of nitrogens with one attached hydrogen (secondary N) is 1. The largest absolute Gasteiger partial charge is 0.481 e. The van der Waals surface area contributed by atoms with Gasteiger partial charge in [0.25, 0.3) is 0 Å². The maximum atomic E-state index is 13.2. The highest BCUT2D eigenvalue weighted by atomic mass is 35.5. The van der Waals surface area contributed by atoms with E-state index in [1.807, 2.05) is 0 Å². The van der Waals surface area contributed by atoms with Crippen LogP contribution in [0.15, 0.2) is 47.4 Å². The van der Waals surface area contributed by atoms with Gasteiger partial charge in [-0.3, -0.25) is 4.79 Å². The van der Waals surface area contributed by atoms with E-state index < -0.39 is 40.6 Å². The fraction of sp³-hybridized carbons (Fsp3) is 0.278. The van der Waals surface area contributed by atoms with Crippen LogP contribution in [0.4, 0.5) is 13.2 Å². The summed E-state index contributed by atoms with van der Waals surface area (Å²) in [6.45, 7) is -0.0116. The van der Waals surface area contributed by atoms with Crippen molar-refractivity contribution in [3.63, 3.8) is 0 Å². The van der Waals surface area contributed by atoms with Crippen molar-refractivity contribution in [3.05, 3.63) is 58.6 Å². The molecule has 6 nitrogen and oxygen atoms in total. The molecule has 2 N–H and O–H groups in total. The van der Waals surface area contributed by atoms with Gasteiger partial charge in [0.15, 0.2) is 0 Å². The van der Waals surface area contributed by atoms with E-state index in [0.29, 0.717) is 5.56 Å². The molecule has 2 aromatic rings. The van der Waals surface area contributed by atoms with Gasteiger partial charge in [-0.1, -0.05) is 41.9 Å². The summed E-state index contributed by atoms with van der Waals surface area (Å²) < 4.78 is 71.9. The number of hydrogen-bond donors (Lipinski definition) is 2. The van der Waals surface area contributed by atoms with Crippen LogP contribution in [0.5, 0.6) is 5.75 Å². The summed E-state index contributed by atoms with van der Waals surface area (Å²) >= 11 is 5.98. The third kappa shape index (κ3) is 4.65. The summed E-state index contributed by atoms with van der Waals surface area (Å²) in [5.41, 5.74) is 0.674. The Hall–Kier alpha value is -2.30. The van der Waals surface area contributed by atoms with Crippen LogP contribution >= 0.6 is 11.6 Å². The molecule has 2 unspecified atom stereocenters. The number of rotatable bonds is 5. The molecule has 1 aliphatic heterocycles. The van der Waals surface area contributed by atoms with Crippen molar-refractivity contribution < 1.29 is 36.2 Å². The number of ether oxygens (including phenoxy) is 1. The van der Waals surface area contributed by atoms with Crippen molar-refractivity contribution in [3.8, 4) is 5.75 Å². The Morgan fingerprint density at radius 2 is 1.90 bits per heavy atom. The van der Waals surface area contributed by atoms with Crippen LogP contribution in [-0.2, 0) is 27.8 Å². The molecule has 0 spiro atoms. The van der Waals surface area contributed by atoms with E-state index in [1.165, 1.54) is 0 Å². The van der Waals surface area contributed by atoms with E-state index in [9.17, 15) is 26.4 Å². The first-order valence-electron chi connectivity index (χ1n) is 8.31. The third-order valence-electron chi connectivity index (χ3n) is 4.40. The maximum absolute atomic E-state index is 13.2. The third-order valence-corrected chi connectivity index (χ3v) is 6.06. The molecule has 11 heteroatoms. The molecule has 29 heavy (non-hydrogen) atoms. The van der Waals surface area contributed by atoms with Gasteiger partial charge < -0.3 is 9.84 Å². The lowest BCUT2D eigenvalue weighted by molar-refractivity contribution is -0.217. The van der Waals surface area contributed by atoms with Crippen LogP contribution in [-0.4, -0.2) is 31.8 Å². The van der Waals surface area contributed by atoms with Crippen molar-refractivity contribution in [2.24, 2.45) is 5.92 Å². The lowest BCUT2D eigenvalue weighted by Crippen LogP contribution is -2.47. The van der Waals surface area contributed by atoms with Gasteiger partial charge in [0, 0.05) is 6.54 Å². The Bertz CT molecular complexity index is 1030. The first kappa shape index (κ1) is 21.4. The molecule has 0 bridgehead atoms. The van der Waals surface area contributed by atoms with E-state index in [2.05, 4.69) is 4.72 Å². The Morgan fingerprint density at radius 3 is 2.48 bits per heavy atom. The van der Waals surface area contributed by atoms with Gasteiger partial charge in [-0.15, -0.1) is 0 Å². The lowest BCUT2D eigenvalue weighted by atomic mass is 9.90. The highest BCUT2D eigenvalue weighted by Crippen LogP contribution is 2.43. The minimum atomic E-state index is -4.92. The molecule has 0 aliphatic carbocycles. The summed E-state index contributed by atoms with van der Waals surface area (Å²) in [7, 11) is -4.05. The predicted molar refractivity (Wildman–Crippen MR) is 97.2 cm³/mol. The quantitative estimate of drug-likeness (QED) is 0.730. The molecule has 0 amide bonds. The molecular formula is C18H15ClF3NO5S. The van der Waals surface area contributed by atoms with Crippen LogP contribution in [0.2, 0.25) is 5.02 Å². The number of benzene rings is 2. The van der Waals surface area contributed by atoms with Crippen LogP contribution in [0.3, 0.4) is 0 Å². The number of hydrogen-bond acceptors (Lipinski definition) is 4. The van der Waals surface area contributed by atoms with Crippen LogP contribution in [0.1, 0.15) is 11.1 Å². The smallest absolute Gasteiger partial charge is 0.426 e. The second-order valence-electron chi connectivity index (χ2n) is 6.43. The molecule has 0 saturated heterocycles. The summed E-state index contributed by atoms with van der Waals surface area (Å²) in [6.07, 6.45) is -8.08. The van der Waals surface area contributed by atoms with Crippen molar-refractivity contribution in [1.29, 1.82) is 0 Å². The monoisotopic (exact) mass is 449 g/mol. The van der Waals surface area contributed by atoms with Gasteiger partial charge in [0.2, 0.25) is 16.1 Å². The molecule has 0 fully saturated rings. The van der Waals surface area contributed by atoms with Crippen molar-refractivity contribution in [2.45, 2.75) is 30.1 Å². The molecule has 156 valence electrons. The van der Waals surface area contributed by atoms with Gasteiger partial charge >= 0.3 is 12.1 Å². The zero-order chi connectivity index (χ0) is 21.4. The second-order valence-corrected chi connectivity index (χ2v) is 8.61. The SMILES string of the molecule is O=C(O)C1Cc2cc(S(=O)(=O)NCc3ccccc3)cc(Cl)c2OC1C(F)(F)F. The highest BCUT2D eigenvalue weighted by molar-refractivity contribution is 7.89. The zero-order valence-corrected chi connectivity index (χ0v) is 16.2. The van der Waals surface area contributed by atoms with Gasteiger partial charge in [-0.25, -0.2) is 13.1 Å². The maximum Gasteiger partial charge on any atom is 0.426 e. The Morgan fingerprint density at radius 1 is 1.24 bits per heavy atom. The van der Waals surface area contributed by atoms with Crippen molar-refractivity contribution in [1.82, 2.24) is 4.72 Å². The number of carbonyl (C=O) groups is 1. The van der Waals surface area contributed by atoms with Gasteiger partial charge in [0.05, 0.1) is 9.92 Å². The van der Waals surface area contributed by atoms with E-state index in [1.54, 1.807) is 30.3 Å². The summed E-state index contributed by atoms with van der Waals surface area (Å²) in [5.74, 6) is -3.99. The van der Waals surface area contributed by atoms with Crippen molar-refractivity contribution >= 4 is 27.6 Å². The zero-order valence-electron chi connectivity index (χ0n) is 14.6. The summed E-state index contributed by atoms with van der Waals surface area (Å²) in [6, 6.07) is 10.7. The van der Waals surface area contributed by atoms with Gasteiger partial charge in [0.1, 0.15) is 11.7 Å². The average molecular weight is 450 g/mol. The molecule has 0 saturated carbocycles. The number of aliphatic carboxylic acids is 1. The normalized spacial score (nSPS) is 19.3. The number of alkyl halides is 3. The topological polar surface area (TPSA) is 92.7 Å². The molecule has 2 aromatic carbocycles. The second kappa shape index (κ2) is 7.85. The summed E-state index contributed by atoms with van der Waals surface area (Å²) in [4.78, 5) is 11.0. The number of sulfonamides is 1. The minimum absolute atomic E-state index is 0.0116. The van der Waals surface area contributed by atoms with Gasteiger partial charge in [-0.2, -0.15) is 13.2 Å². The summed E-state index contributed by atoms with van der Waals surface area (Å²) in [5, 5.41) is 8.82. The standard InChI is InChI=1S/C18H15ClF3NO5S/c19-14-8-12(29(26,27)23-9-10-4-2-1-3-5-10)6-11-7-13(17(24)25)16(18(20,21)22)28-15(11)14/h1-6,8,13,16,23H,7,9H2,(H,24,25).